The van der Waals surface area contributed by atoms with Gasteiger partial charge in [0.2, 0.25) is 0 Å². The van der Waals surface area contributed by atoms with Crippen LogP contribution < -0.4 is 0 Å². The maximum Gasteiger partial charge on any atom is 0.167 e. The van der Waals surface area contributed by atoms with Crippen molar-refractivity contribution < 1.29 is 4.42 Å². The second-order valence-electron chi connectivity index (χ2n) is 12.0. The number of rotatable bonds is 3. The standard InChI is InChI=1S/C43H25N3O/c1-4-15-30-26(11-1)23-24-27-13-9-20-35(39(27)30)41-44-42(36-21-10-19-34-33-18-7-8-22-38(33)47-40(34)36)46-43(45-41)37-25-28-12-2-3-14-29(28)31-16-5-6-17-32(31)37/h1-25H. The van der Waals surface area contributed by atoms with Gasteiger partial charge >= 0.3 is 0 Å². The third kappa shape index (κ3) is 3.98. The van der Waals surface area contributed by atoms with E-state index in [9.17, 15) is 0 Å². The lowest BCUT2D eigenvalue weighted by molar-refractivity contribution is 0.669. The molecule has 0 amide bonds. The predicted molar refractivity (Wildman–Crippen MR) is 193 cm³/mol. The molecule has 47 heavy (non-hydrogen) atoms. The summed E-state index contributed by atoms with van der Waals surface area (Å²) >= 11 is 0. The Morgan fingerprint density at radius 3 is 1.74 bits per heavy atom. The minimum Gasteiger partial charge on any atom is -0.455 e. The van der Waals surface area contributed by atoms with Crippen LogP contribution in [-0.4, -0.2) is 15.0 Å². The van der Waals surface area contributed by atoms with Crippen molar-refractivity contribution in [2.75, 3.05) is 0 Å². The molecule has 10 rings (SSSR count). The zero-order valence-electron chi connectivity index (χ0n) is 25.2. The Hall–Kier alpha value is -6.39. The van der Waals surface area contributed by atoms with Gasteiger partial charge in [0.1, 0.15) is 11.2 Å². The molecule has 2 heterocycles. The summed E-state index contributed by atoms with van der Waals surface area (Å²) < 4.78 is 6.48. The Balaban J connectivity index is 1.33. The zero-order valence-corrected chi connectivity index (χ0v) is 25.2. The van der Waals surface area contributed by atoms with Gasteiger partial charge in [-0.15, -0.1) is 0 Å². The Bertz CT molecular complexity index is 2840. The van der Waals surface area contributed by atoms with E-state index >= 15 is 0 Å². The second kappa shape index (κ2) is 10.1. The summed E-state index contributed by atoms with van der Waals surface area (Å²) in [5.41, 5.74) is 4.37. The molecule has 0 aliphatic rings. The zero-order chi connectivity index (χ0) is 30.9. The van der Waals surface area contributed by atoms with Crippen molar-refractivity contribution in [3.63, 3.8) is 0 Å². The number of aromatic nitrogens is 3. The summed E-state index contributed by atoms with van der Waals surface area (Å²) in [5.74, 6) is 1.82. The number of benzene rings is 8. The van der Waals surface area contributed by atoms with Crippen molar-refractivity contribution >= 4 is 65.0 Å². The molecule has 10 aromatic rings. The first-order valence-electron chi connectivity index (χ1n) is 15.8. The lowest BCUT2D eigenvalue weighted by Crippen LogP contribution is -2.01. The Morgan fingerprint density at radius 1 is 0.340 bits per heavy atom. The first-order chi connectivity index (χ1) is 23.3. The minimum absolute atomic E-state index is 0.573. The molecular weight excluding hydrogens is 574 g/mol. The topological polar surface area (TPSA) is 51.8 Å². The molecule has 0 aliphatic carbocycles. The molecule has 0 unspecified atom stereocenters. The van der Waals surface area contributed by atoms with Crippen LogP contribution in [0.3, 0.4) is 0 Å². The highest BCUT2D eigenvalue weighted by molar-refractivity contribution is 6.15. The Morgan fingerprint density at radius 2 is 0.894 bits per heavy atom. The number of para-hydroxylation sites is 2. The molecule has 0 bridgehead atoms. The molecule has 8 aromatic carbocycles. The van der Waals surface area contributed by atoms with Crippen LogP contribution in [0.2, 0.25) is 0 Å². The molecular formula is C43H25N3O. The molecule has 0 atom stereocenters. The van der Waals surface area contributed by atoms with Gasteiger partial charge in [-0.05, 0) is 55.9 Å². The molecule has 2 aromatic heterocycles. The normalized spacial score (nSPS) is 11.8. The summed E-state index contributed by atoms with van der Waals surface area (Å²) in [6.07, 6.45) is 0. The van der Waals surface area contributed by atoms with E-state index in [0.29, 0.717) is 17.5 Å². The molecule has 4 heteroatoms. The number of furan rings is 1. The molecule has 0 spiro atoms. The molecule has 0 radical (unpaired) electrons. The van der Waals surface area contributed by atoms with Crippen LogP contribution in [0.25, 0.3) is 99.2 Å². The van der Waals surface area contributed by atoms with Crippen LogP contribution in [0.15, 0.2) is 156 Å². The summed E-state index contributed by atoms with van der Waals surface area (Å²) in [7, 11) is 0. The van der Waals surface area contributed by atoms with E-state index in [1.807, 2.05) is 24.3 Å². The summed E-state index contributed by atoms with van der Waals surface area (Å²) in [6, 6.07) is 52.8. The minimum atomic E-state index is 0.573. The lowest BCUT2D eigenvalue weighted by atomic mass is 9.96. The van der Waals surface area contributed by atoms with Gasteiger partial charge in [0.15, 0.2) is 17.5 Å². The van der Waals surface area contributed by atoms with Crippen molar-refractivity contribution in [3.8, 4) is 34.2 Å². The van der Waals surface area contributed by atoms with Crippen molar-refractivity contribution in [1.82, 2.24) is 15.0 Å². The molecule has 0 N–H and O–H groups in total. The maximum absolute atomic E-state index is 6.48. The van der Waals surface area contributed by atoms with Crippen LogP contribution >= 0.6 is 0 Å². The first kappa shape index (κ1) is 25.9. The smallest absolute Gasteiger partial charge is 0.167 e. The fourth-order valence-corrected chi connectivity index (χ4v) is 7.15. The lowest BCUT2D eigenvalue weighted by Gasteiger charge is -2.14. The third-order valence-corrected chi connectivity index (χ3v) is 9.30. The van der Waals surface area contributed by atoms with Crippen LogP contribution in [0.4, 0.5) is 0 Å². The Labute approximate surface area is 269 Å². The van der Waals surface area contributed by atoms with Crippen molar-refractivity contribution in [2.45, 2.75) is 0 Å². The van der Waals surface area contributed by atoms with E-state index in [1.165, 1.54) is 21.5 Å². The summed E-state index contributed by atoms with van der Waals surface area (Å²) in [6.45, 7) is 0. The highest BCUT2D eigenvalue weighted by Gasteiger charge is 2.20. The van der Waals surface area contributed by atoms with Gasteiger partial charge in [-0.25, -0.2) is 15.0 Å². The van der Waals surface area contributed by atoms with Crippen LogP contribution in [-0.2, 0) is 0 Å². The number of fused-ring (bicyclic) bond motifs is 9. The quantitative estimate of drug-likeness (QED) is 0.190. The monoisotopic (exact) mass is 599 g/mol. The Kier molecular flexibility index (Phi) is 5.54. The first-order valence-corrected chi connectivity index (χ1v) is 15.8. The summed E-state index contributed by atoms with van der Waals surface area (Å²) in [5, 5.41) is 11.3. The van der Waals surface area contributed by atoms with Gasteiger partial charge < -0.3 is 4.42 Å². The predicted octanol–water partition coefficient (Wildman–Crippen LogP) is 11.4. The van der Waals surface area contributed by atoms with Crippen molar-refractivity contribution in [1.29, 1.82) is 0 Å². The third-order valence-electron chi connectivity index (χ3n) is 9.30. The maximum atomic E-state index is 6.48. The number of nitrogens with zero attached hydrogens (tertiary/aromatic N) is 3. The molecule has 4 nitrogen and oxygen atoms in total. The van der Waals surface area contributed by atoms with Gasteiger partial charge in [-0.2, -0.15) is 0 Å². The average Bonchev–Trinajstić information content (AvgIpc) is 3.53. The van der Waals surface area contributed by atoms with E-state index in [1.54, 1.807) is 0 Å². The number of hydrogen-bond donors (Lipinski definition) is 0. The van der Waals surface area contributed by atoms with Crippen LogP contribution in [0.1, 0.15) is 0 Å². The van der Waals surface area contributed by atoms with Gasteiger partial charge in [-0.3, -0.25) is 0 Å². The van der Waals surface area contributed by atoms with Crippen molar-refractivity contribution in [2.24, 2.45) is 0 Å². The SMILES string of the molecule is c1ccc2c(c1)cc(-c1nc(-c3cccc4c3oc3ccccc34)nc(-c3cccc4ccc5ccccc5c34)n1)c1ccccc12. The van der Waals surface area contributed by atoms with Crippen molar-refractivity contribution in [3.05, 3.63) is 152 Å². The van der Waals surface area contributed by atoms with E-state index in [-0.39, 0.29) is 0 Å². The highest BCUT2D eigenvalue weighted by atomic mass is 16.3. The second-order valence-corrected chi connectivity index (χ2v) is 12.0. The van der Waals surface area contributed by atoms with E-state index in [2.05, 4.69) is 127 Å². The molecule has 0 aliphatic heterocycles. The van der Waals surface area contributed by atoms with Gasteiger partial charge in [-0.1, -0.05) is 133 Å². The largest absolute Gasteiger partial charge is 0.455 e. The summed E-state index contributed by atoms with van der Waals surface area (Å²) in [4.78, 5) is 15.8. The van der Waals surface area contributed by atoms with Gasteiger partial charge in [0.25, 0.3) is 0 Å². The molecule has 0 saturated heterocycles. The average molecular weight is 600 g/mol. The van der Waals surface area contributed by atoms with Gasteiger partial charge in [0, 0.05) is 27.3 Å². The fourth-order valence-electron chi connectivity index (χ4n) is 7.15. The molecule has 218 valence electrons. The van der Waals surface area contributed by atoms with E-state index < -0.39 is 0 Å². The van der Waals surface area contributed by atoms with Crippen LogP contribution in [0, 0.1) is 0 Å². The van der Waals surface area contributed by atoms with Gasteiger partial charge in [0.05, 0.1) is 5.56 Å². The van der Waals surface area contributed by atoms with E-state index in [4.69, 9.17) is 19.4 Å². The van der Waals surface area contributed by atoms with E-state index in [0.717, 1.165) is 60.2 Å². The fraction of sp³-hybridized carbons (Fsp3) is 0. The molecule has 0 fully saturated rings. The molecule has 0 saturated carbocycles. The highest BCUT2D eigenvalue weighted by Crippen LogP contribution is 2.39. The number of hydrogen-bond acceptors (Lipinski definition) is 4. The van der Waals surface area contributed by atoms with Crippen LogP contribution in [0.5, 0.6) is 0 Å².